The molecule has 2 aromatic rings. The van der Waals surface area contributed by atoms with Gasteiger partial charge in [-0.3, -0.25) is 14.3 Å². The van der Waals surface area contributed by atoms with E-state index >= 15 is 0 Å². The second-order valence-electron chi connectivity index (χ2n) is 5.70. The highest BCUT2D eigenvalue weighted by atomic mass is 31.2. The summed E-state index contributed by atoms with van der Waals surface area (Å²) >= 11 is 0. The van der Waals surface area contributed by atoms with Crippen molar-refractivity contribution >= 4 is 24.5 Å². The Morgan fingerprint density at radius 1 is 1.26 bits per heavy atom. The van der Waals surface area contributed by atoms with Crippen molar-refractivity contribution in [1.29, 1.82) is 0 Å². The average Bonchev–Trinajstić information content (AvgIpc) is 2.39. The van der Waals surface area contributed by atoms with Gasteiger partial charge in [0, 0.05) is 17.5 Å². The summed E-state index contributed by atoms with van der Waals surface area (Å²) in [6.45, 7) is 3.87. The summed E-state index contributed by atoms with van der Waals surface area (Å²) in [7, 11) is -4.31. The Morgan fingerprint density at radius 2 is 1.87 bits per heavy atom. The number of nitrogens with two attached hydrogens (primary N) is 1. The fourth-order valence-corrected chi connectivity index (χ4v) is 3.07. The van der Waals surface area contributed by atoms with Crippen LogP contribution in [0.2, 0.25) is 0 Å². The average molecular weight is 338 g/mol. The van der Waals surface area contributed by atoms with Crippen molar-refractivity contribution < 1.29 is 24.3 Å². The minimum absolute atomic E-state index is 0.0898. The Balaban J connectivity index is 2.59. The number of nitrogens with zero attached hydrogens (tertiary/aromatic N) is 1. The van der Waals surface area contributed by atoms with E-state index in [0.717, 1.165) is 16.5 Å². The third-order valence-corrected chi connectivity index (χ3v) is 4.46. The van der Waals surface area contributed by atoms with Crippen LogP contribution in [0.3, 0.4) is 0 Å². The van der Waals surface area contributed by atoms with E-state index in [2.05, 4.69) is 4.98 Å². The molecular formula is C15H19N2O5P. The molecule has 1 heterocycles. The first-order valence-corrected chi connectivity index (χ1v) is 8.79. The molecule has 5 N–H and O–H groups in total. The molecule has 0 saturated heterocycles. The van der Waals surface area contributed by atoms with Crippen molar-refractivity contribution in [2.75, 3.05) is 0 Å². The van der Waals surface area contributed by atoms with Gasteiger partial charge in [-0.25, -0.2) is 0 Å². The summed E-state index contributed by atoms with van der Waals surface area (Å²) < 4.78 is 11.3. The van der Waals surface area contributed by atoms with Gasteiger partial charge in [-0.05, 0) is 48.7 Å². The first kappa shape index (κ1) is 17.6. The molecule has 1 aromatic heterocycles. The highest BCUT2D eigenvalue weighted by Gasteiger charge is 2.22. The highest BCUT2D eigenvalue weighted by molar-refractivity contribution is 7.50. The third kappa shape index (κ3) is 4.36. The van der Waals surface area contributed by atoms with Crippen molar-refractivity contribution in [2.45, 2.75) is 32.5 Å². The Morgan fingerprint density at radius 3 is 2.43 bits per heavy atom. The van der Waals surface area contributed by atoms with E-state index in [1.807, 2.05) is 26.0 Å². The van der Waals surface area contributed by atoms with Crippen molar-refractivity contribution in [1.82, 2.24) is 4.98 Å². The number of aromatic nitrogens is 1. The fraction of sp³-hybridized carbons (Fsp3) is 0.333. The predicted octanol–water partition coefficient (Wildman–Crippen LogP) is 1.48. The molecule has 0 bridgehead atoms. The van der Waals surface area contributed by atoms with Gasteiger partial charge < -0.3 is 20.6 Å². The van der Waals surface area contributed by atoms with E-state index in [9.17, 15) is 19.1 Å². The molecule has 2 rings (SSSR count). The minimum Gasteiger partial charge on any atom is -0.480 e. The first-order valence-electron chi connectivity index (χ1n) is 6.99. The topological polar surface area (TPSA) is 134 Å². The molecule has 23 heavy (non-hydrogen) atoms. The number of hydrogen-bond acceptors (Lipinski definition) is 4. The van der Waals surface area contributed by atoms with Crippen LogP contribution < -0.4 is 5.73 Å². The zero-order chi connectivity index (χ0) is 17.4. The van der Waals surface area contributed by atoms with Gasteiger partial charge in [0.2, 0.25) is 0 Å². The molecule has 0 amide bonds. The number of rotatable bonds is 5. The quantitative estimate of drug-likeness (QED) is 0.607. The van der Waals surface area contributed by atoms with E-state index in [1.54, 1.807) is 6.07 Å². The van der Waals surface area contributed by atoms with Gasteiger partial charge in [0.25, 0.3) is 0 Å². The fourth-order valence-electron chi connectivity index (χ4n) is 2.36. The number of aryl methyl sites for hydroxylation is 2. The summed E-state index contributed by atoms with van der Waals surface area (Å²) in [4.78, 5) is 33.8. The number of hydrogen-bond donors (Lipinski definition) is 4. The van der Waals surface area contributed by atoms with Crippen molar-refractivity contribution in [3.63, 3.8) is 0 Å². The number of pyridine rings is 1. The van der Waals surface area contributed by atoms with Crippen LogP contribution in [0.4, 0.5) is 0 Å². The largest absolute Gasteiger partial charge is 0.480 e. The molecule has 0 spiro atoms. The number of carbonyl (C=O) groups is 1. The van der Waals surface area contributed by atoms with Gasteiger partial charge in [0.1, 0.15) is 6.04 Å². The Labute approximate surface area is 133 Å². The van der Waals surface area contributed by atoms with Gasteiger partial charge in [-0.15, -0.1) is 0 Å². The lowest BCUT2D eigenvalue weighted by molar-refractivity contribution is -0.138. The van der Waals surface area contributed by atoms with Crippen LogP contribution in [0.25, 0.3) is 10.9 Å². The summed E-state index contributed by atoms with van der Waals surface area (Å²) in [6.07, 6.45) is -0.585. The predicted molar refractivity (Wildman–Crippen MR) is 86.3 cm³/mol. The summed E-state index contributed by atoms with van der Waals surface area (Å²) in [5.41, 5.74) is 8.89. The molecule has 1 aromatic carbocycles. The highest BCUT2D eigenvalue weighted by Crippen LogP contribution is 2.40. The maximum atomic E-state index is 11.3. The van der Waals surface area contributed by atoms with Gasteiger partial charge in [0.05, 0.1) is 11.7 Å². The Hall–Kier alpha value is -1.79. The van der Waals surface area contributed by atoms with E-state index in [1.165, 1.54) is 0 Å². The number of aliphatic carboxylic acids is 1. The van der Waals surface area contributed by atoms with Crippen molar-refractivity contribution in [3.8, 4) is 0 Å². The summed E-state index contributed by atoms with van der Waals surface area (Å²) in [5.74, 6) is -1.19. The molecule has 1 atom stereocenters. The number of benzene rings is 1. The standard InChI is InChI=1S/C15H19N2O5P/c1-8-3-10-5-11(7-23(20,21)22)14(6-12(16)15(18)19)17-13(10)4-9(8)2/h3-5,12H,6-7,16H2,1-2H3,(H,18,19)(H2,20,21,22)/t12-/m0/s1. The van der Waals surface area contributed by atoms with Gasteiger partial charge >= 0.3 is 13.6 Å². The van der Waals surface area contributed by atoms with Crippen LogP contribution in [-0.2, 0) is 21.9 Å². The van der Waals surface area contributed by atoms with E-state index in [-0.39, 0.29) is 6.42 Å². The normalized spacial score (nSPS) is 13.3. The molecule has 7 nitrogen and oxygen atoms in total. The van der Waals surface area contributed by atoms with Gasteiger partial charge in [-0.2, -0.15) is 0 Å². The molecule has 0 aliphatic carbocycles. The monoisotopic (exact) mass is 338 g/mol. The minimum atomic E-state index is -4.31. The lowest BCUT2D eigenvalue weighted by Gasteiger charge is -2.14. The maximum absolute atomic E-state index is 11.3. The van der Waals surface area contributed by atoms with E-state index in [4.69, 9.17) is 10.8 Å². The Bertz CT molecular complexity index is 815. The zero-order valence-electron chi connectivity index (χ0n) is 12.9. The number of carboxylic acids is 1. The maximum Gasteiger partial charge on any atom is 0.329 e. The summed E-state index contributed by atoms with van der Waals surface area (Å²) in [6, 6.07) is 4.23. The molecule has 124 valence electrons. The molecule has 8 heteroatoms. The van der Waals surface area contributed by atoms with Crippen LogP contribution in [0.15, 0.2) is 18.2 Å². The Kier molecular flexibility index (Phi) is 4.87. The second-order valence-corrected chi connectivity index (χ2v) is 7.34. The molecule has 0 radical (unpaired) electrons. The zero-order valence-corrected chi connectivity index (χ0v) is 13.7. The SMILES string of the molecule is Cc1cc2cc(CP(=O)(O)O)c(C[C@H](N)C(=O)O)nc2cc1C. The van der Waals surface area contributed by atoms with Gasteiger partial charge in [0.15, 0.2) is 0 Å². The molecule has 0 saturated carbocycles. The van der Waals surface area contributed by atoms with E-state index < -0.39 is 25.8 Å². The third-order valence-electron chi connectivity index (χ3n) is 3.71. The molecular weight excluding hydrogens is 319 g/mol. The van der Waals surface area contributed by atoms with Gasteiger partial charge in [-0.1, -0.05) is 0 Å². The number of carboxylic acid groups (broad SMARTS) is 1. The van der Waals surface area contributed by atoms with Crippen molar-refractivity contribution in [2.24, 2.45) is 5.73 Å². The lowest BCUT2D eigenvalue weighted by atomic mass is 10.0. The second kappa shape index (κ2) is 6.37. The van der Waals surface area contributed by atoms with Crippen LogP contribution in [0, 0.1) is 13.8 Å². The van der Waals surface area contributed by atoms with Crippen LogP contribution >= 0.6 is 7.60 Å². The van der Waals surface area contributed by atoms with Crippen molar-refractivity contribution in [3.05, 3.63) is 40.6 Å². The first-order chi connectivity index (χ1) is 10.6. The lowest BCUT2D eigenvalue weighted by Crippen LogP contribution is -2.33. The van der Waals surface area contributed by atoms with Crippen LogP contribution in [0.1, 0.15) is 22.4 Å². The molecule has 0 aliphatic rings. The smallest absolute Gasteiger partial charge is 0.329 e. The number of fused-ring (bicyclic) bond motifs is 1. The van der Waals surface area contributed by atoms with Crippen LogP contribution in [-0.4, -0.2) is 31.9 Å². The molecule has 0 unspecified atom stereocenters. The molecule has 0 fully saturated rings. The summed E-state index contributed by atoms with van der Waals surface area (Å²) in [5, 5.41) is 9.71. The van der Waals surface area contributed by atoms with Crippen LogP contribution in [0.5, 0.6) is 0 Å². The van der Waals surface area contributed by atoms with E-state index in [0.29, 0.717) is 16.8 Å². The molecule has 0 aliphatic heterocycles.